The predicted octanol–water partition coefficient (Wildman–Crippen LogP) is 3.49. The lowest BCUT2D eigenvalue weighted by Gasteiger charge is -2.30. The Bertz CT molecular complexity index is 1220. The average Bonchev–Trinajstić information content (AvgIpc) is 2.80. The number of hydrogen-bond donors (Lipinski definition) is 4. The minimum atomic E-state index is -0.619. The number of esters is 1. The molecule has 1 heterocycles. The molecule has 0 aromatic heterocycles. The fourth-order valence-corrected chi connectivity index (χ4v) is 5.45. The molecule has 0 saturated heterocycles. The molecule has 3 rings (SSSR count). The first-order valence-electron chi connectivity index (χ1n) is 10.4. The van der Waals surface area contributed by atoms with E-state index < -0.39 is 17.9 Å². The summed E-state index contributed by atoms with van der Waals surface area (Å²) in [7, 11) is 0. The van der Waals surface area contributed by atoms with Gasteiger partial charge < -0.3 is 25.2 Å². The highest BCUT2D eigenvalue weighted by Gasteiger charge is 2.32. The van der Waals surface area contributed by atoms with Crippen LogP contribution in [0.2, 0.25) is 0 Å². The number of thiocarbonyl (C=S) groups is 1. The van der Waals surface area contributed by atoms with E-state index in [1.165, 1.54) is 6.21 Å². The van der Waals surface area contributed by atoms with Crippen LogP contribution in [0.4, 0.5) is 0 Å². The number of nitrogens with zero attached hydrogens (tertiary/aromatic N) is 1. The second kappa shape index (κ2) is 12.5. The van der Waals surface area contributed by atoms with Crippen molar-refractivity contribution in [3.8, 4) is 11.5 Å². The van der Waals surface area contributed by atoms with E-state index >= 15 is 0 Å². The van der Waals surface area contributed by atoms with E-state index in [2.05, 4.69) is 43.8 Å². The van der Waals surface area contributed by atoms with Crippen molar-refractivity contribution in [3.63, 3.8) is 0 Å². The molecule has 0 fully saturated rings. The molecule has 9 nitrogen and oxygen atoms in total. The highest BCUT2D eigenvalue weighted by molar-refractivity contribution is 14.1. The first-order valence-corrected chi connectivity index (χ1v) is 12.9. The summed E-state index contributed by atoms with van der Waals surface area (Å²) < 4.78 is 12.6. The van der Waals surface area contributed by atoms with Crippen molar-refractivity contribution in [2.24, 2.45) is 5.10 Å². The number of halogens is 2. The second-order valence-electron chi connectivity index (χ2n) is 7.24. The van der Waals surface area contributed by atoms with E-state index in [0.717, 1.165) is 3.57 Å². The van der Waals surface area contributed by atoms with Crippen LogP contribution in [0.5, 0.6) is 11.5 Å². The van der Waals surface area contributed by atoms with Crippen LogP contribution < -0.4 is 20.8 Å². The smallest absolute Gasteiger partial charge is 0.338 e. The Labute approximate surface area is 235 Å². The number of nitrogens with one attached hydrogen (secondary N) is 3. The zero-order chi connectivity index (χ0) is 25.5. The molecule has 2 aromatic carbocycles. The highest BCUT2D eigenvalue weighted by atomic mass is 127. The number of aromatic hydroxyl groups is 1. The minimum Gasteiger partial charge on any atom is -0.506 e. The monoisotopic (exact) mass is 720 g/mol. The maximum absolute atomic E-state index is 12.6. The van der Waals surface area contributed by atoms with E-state index in [-0.39, 0.29) is 19.0 Å². The molecular weight excluding hydrogens is 698 g/mol. The number of hydrazone groups is 1. The van der Waals surface area contributed by atoms with Crippen LogP contribution in [0, 0.1) is 7.14 Å². The van der Waals surface area contributed by atoms with E-state index in [4.69, 9.17) is 21.7 Å². The highest BCUT2D eigenvalue weighted by Crippen LogP contribution is 2.33. The van der Waals surface area contributed by atoms with Gasteiger partial charge in [-0.15, -0.1) is 0 Å². The number of allylic oxidation sites excluding steroid dienone is 1. The number of amides is 1. The second-order valence-corrected chi connectivity index (χ2v) is 10.1. The fourth-order valence-electron chi connectivity index (χ4n) is 3.29. The van der Waals surface area contributed by atoms with Crippen molar-refractivity contribution in [3.05, 3.63) is 65.9 Å². The van der Waals surface area contributed by atoms with Gasteiger partial charge in [0.15, 0.2) is 11.7 Å². The Morgan fingerprint density at radius 2 is 2.03 bits per heavy atom. The molecule has 0 spiro atoms. The molecule has 35 heavy (non-hydrogen) atoms. The van der Waals surface area contributed by atoms with Gasteiger partial charge in [-0.25, -0.2) is 10.2 Å². The summed E-state index contributed by atoms with van der Waals surface area (Å²) in [6.07, 6.45) is 1.37. The summed E-state index contributed by atoms with van der Waals surface area (Å²) in [4.78, 5) is 25.0. The average molecular weight is 720 g/mol. The van der Waals surface area contributed by atoms with E-state index in [9.17, 15) is 14.7 Å². The number of hydrogen-bond acceptors (Lipinski definition) is 7. The Hall–Kier alpha value is -2.46. The molecule has 1 aliphatic rings. The van der Waals surface area contributed by atoms with Crippen molar-refractivity contribution in [1.29, 1.82) is 0 Å². The van der Waals surface area contributed by atoms with Crippen LogP contribution in [-0.2, 0) is 14.3 Å². The zero-order valence-electron chi connectivity index (χ0n) is 18.7. The lowest BCUT2D eigenvalue weighted by molar-refractivity contribution is -0.139. The first-order chi connectivity index (χ1) is 16.7. The molecule has 12 heteroatoms. The molecule has 1 amide bonds. The molecular formula is C23H22I2N4O5S. The van der Waals surface area contributed by atoms with Gasteiger partial charge in [-0.3, -0.25) is 4.79 Å². The van der Waals surface area contributed by atoms with Crippen LogP contribution in [0.25, 0.3) is 0 Å². The van der Waals surface area contributed by atoms with Crippen molar-refractivity contribution in [2.45, 2.75) is 19.9 Å². The van der Waals surface area contributed by atoms with Crippen LogP contribution in [0.1, 0.15) is 31.0 Å². The summed E-state index contributed by atoms with van der Waals surface area (Å²) in [5, 5.41) is 20.4. The summed E-state index contributed by atoms with van der Waals surface area (Å²) >= 11 is 9.43. The molecule has 0 unspecified atom stereocenters. The van der Waals surface area contributed by atoms with Crippen LogP contribution >= 0.6 is 57.4 Å². The number of para-hydroxylation sites is 1. The molecule has 1 aliphatic heterocycles. The van der Waals surface area contributed by atoms with Crippen molar-refractivity contribution in [1.82, 2.24) is 16.1 Å². The largest absolute Gasteiger partial charge is 0.506 e. The van der Waals surface area contributed by atoms with Crippen molar-refractivity contribution in [2.75, 3.05) is 13.2 Å². The predicted molar refractivity (Wildman–Crippen MR) is 152 cm³/mol. The molecule has 0 radical (unpaired) electrons. The Morgan fingerprint density at radius 1 is 1.29 bits per heavy atom. The summed E-state index contributed by atoms with van der Waals surface area (Å²) in [6, 6.07) is 9.99. The molecule has 1 atom stereocenters. The molecule has 0 saturated carbocycles. The Kier molecular flexibility index (Phi) is 9.68. The number of carbonyl (C=O) groups is 2. The lowest BCUT2D eigenvalue weighted by atomic mass is 9.95. The lowest BCUT2D eigenvalue weighted by Crippen LogP contribution is -2.45. The van der Waals surface area contributed by atoms with Crippen LogP contribution in [-0.4, -0.2) is 41.5 Å². The van der Waals surface area contributed by atoms with E-state index in [0.29, 0.717) is 36.8 Å². The van der Waals surface area contributed by atoms with Crippen molar-refractivity contribution < 1.29 is 24.2 Å². The molecule has 0 bridgehead atoms. The number of phenolic OH excluding ortho intramolecular Hbond substituents is 1. The van der Waals surface area contributed by atoms with Gasteiger partial charge >= 0.3 is 5.97 Å². The third kappa shape index (κ3) is 7.04. The first kappa shape index (κ1) is 27.1. The molecule has 2 aromatic rings. The number of benzene rings is 2. The standard InChI is InChI=1S/C23H22I2N4O5S/c1-3-33-22(32)19-12(2)27-23(35)28-20(19)15-6-4-5-7-17(15)34-11-18(30)29-26-10-13-8-14(24)9-16(25)21(13)31/h4-10,20,31H,3,11H2,1-2H3,(H,29,30)(H2,27,28,35)/t20-/m0/s1. The molecule has 4 N–H and O–H groups in total. The fraction of sp³-hybridized carbons (Fsp3) is 0.217. The minimum absolute atomic E-state index is 0.0855. The van der Waals surface area contributed by atoms with Gasteiger partial charge in [0, 0.05) is 20.4 Å². The SMILES string of the molecule is CCOC(=O)C1=C(C)NC(=S)N[C@H]1c1ccccc1OCC(=O)NN=Cc1cc(I)cc(I)c1O. The Morgan fingerprint density at radius 3 is 2.77 bits per heavy atom. The van der Waals surface area contributed by atoms with Gasteiger partial charge in [-0.2, -0.15) is 5.10 Å². The maximum atomic E-state index is 12.6. The van der Waals surface area contributed by atoms with Crippen molar-refractivity contribution >= 4 is 80.6 Å². The van der Waals surface area contributed by atoms with Gasteiger partial charge in [-0.05, 0) is 89.4 Å². The number of phenols is 1. The van der Waals surface area contributed by atoms with E-state index in [1.54, 1.807) is 44.2 Å². The normalized spacial score (nSPS) is 15.4. The Balaban J connectivity index is 1.73. The zero-order valence-corrected chi connectivity index (χ0v) is 23.9. The summed E-state index contributed by atoms with van der Waals surface area (Å²) in [5.74, 6) is -0.495. The van der Waals surface area contributed by atoms with Gasteiger partial charge in [0.25, 0.3) is 5.91 Å². The van der Waals surface area contributed by atoms with Gasteiger partial charge in [0.2, 0.25) is 0 Å². The number of ether oxygens (including phenoxy) is 2. The van der Waals surface area contributed by atoms with Gasteiger partial charge in [-0.1, -0.05) is 18.2 Å². The summed E-state index contributed by atoms with van der Waals surface area (Å²) in [6.45, 7) is 3.38. The third-order valence-electron chi connectivity index (χ3n) is 4.80. The number of carbonyl (C=O) groups excluding carboxylic acids is 2. The van der Waals surface area contributed by atoms with Crippen LogP contribution in [0.15, 0.2) is 52.8 Å². The topological polar surface area (TPSA) is 121 Å². The molecule has 184 valence electrons. The third-order valence-corrected chi connectivity index (χ3v) is 6.47. The van der Waals surface area contributed by atoms with E-state index in [1.807, 2.05) is 28.7 Å². The maximum Gasteiger partial charge on any atom is 0.338 e. The van der Waals surface area contributed by atoms with Gasteiger partial charge in [0.1, 0.15) is 11.5 Å². The molecule has 0 aliphatic carbocycles. The quantitative estimate of drug-likeness (QED) is 0.108. The van der Waals surface area contributed by atoms with Crippen LogP contribution in [0.3, 0.4) is 0 Å². The summed E-state index contributed by atoms with van der Waals surface area (Å²) in [5.41, 5.74) is 4.43. The number of rotatable bonds is 8. The van der Waals surface area contributed by atoms with Gasteiger partial charge in [0.05, 0.1) is 28.0 Å².